The summed E-state index contributed by atoms with van der Waals surface area (Å²) in [4.78, 5) is 11.1. The Balaban J connectivity index is 2.01. The van der Waals surface area contributed by atoms with Crippen LogP contribution in [0.4, 0.5) is 0 Å². The molecule has 32 heavy (non-hydrogen) atoms. The molecule has 1 saturated heterocycles. The van der Waals surface area contributed by atoms with Gasteiger partial charge in [-0.15, -0.1) is 0 Å². The van der Waals surface area contributed by atoms with Crippen LogP contribution < -0.4 is 5.48 Å². The summed E-state index contributed by atoms with van der Waals surface area (Å²) in [7, 11) is -2.15. The molecule has 0 aliphatic carbocycles. The molecule has 1 fully saturated rings. The van der Waals surface area contributed by atoms with Crippen molar-refractivity contribution in [3.63, 3.8) is 0 Å². The van der Waals surface area contributed by atoms with Gasteiger partial charge in [0.25, 0.3) is 0 Å². The Hall–Kier alpha value is 0.117. The van der Waals surface area contributed by atoms with E-state index in [0.29, 0.717) is 5.92 Å². The second kappa shape index (κ2) is 20.5. The Morgan fingerprint density at radius 2 is 1.50 bits per heavy atom. The molecule has 0 aromatic carbocycles. The van der Waals surface area contributed by atoms with Crippen LogP contribution in [0, 0.1) is 5.92 Å². The van der Waals surface area contributed by atoms with Crippen molar-refractivity contribution in [2.24, 2.45) is 5.92 Å². The number of thioether (sulfide) groups is 1. The fraction of sp³-hybridized carbons (Fsp3) is 0.962. The molecule has 2 unspecified atom stereocenters. The van der Waals surface area contributed by atoms with E-state index in [1.165, 1.54) is 102 Å². The van der Waals surface area contributed by atoms with Crippen LogP contribution in [0.5, 0.6) is 0 Å². The molecule has 0 radical (unpaired) electrons. The highest BCUT2D eigenvalue weighted by molar-refractivity contribution is 8.13. The van der Waals surface area contributed by atoms with Gasteiger partial charge in [0, 0.05) is 25.8 Å². The molecule has 190 valence electrons. The molecule has 1 heterocycles. The standard InChI is InChI=1S/C26H53NO3SSi/c1-4-6-7-8-9-10-11-12-13-14-15-16-17-19-26-20-21-29-32(5-2,30-27-24-26)23-18-22-31-25(3)28/h26-27H,4-24H2,1-3H3. The Labute approximate surface area is 205 Å². The number of carbonyl (C=O) groups excluding carboxylic acids is 1. The van der Waals surface area contributed by atoms with Crippen molar-refractivity contribution in [1.29, 1.82) is 0 Å². The molecule has 0 spiro atoms. The molecule has 6 heteroatoms. The van der Waals surface area contributed by atoms with Gasteiger partial charge in [-0.2, -0.15) is 0 Å². The van der Waals surface area contributed by atoms with Crippen molar-refractivity contribution in [3.05, 3.63) is 0 Å². The van der Waals surface area contributed by atoms with Gasteiger partial charge in [0.1, 0.15) is 0 Å². The van der Waals surface area contributed by atoms with Crippen LogP contribution >= 0.6 is 11.8 Å². The number of nitrogens with one attached hydrogen (secondary N) is 1. The average Bonchev–Trinajstić information content (AvgIpc) is 2.77. The predicted octanol–water partition coefficient (Wildman–Crippen LogP) is 8.16. The van der Waals surface area contributed by atoms with Gasteiger partial charge in [0.2, 0.25) is 0 Å². The molecule has 2 atom stereocenters. The summed E-state index contributed by atoms with van der Waals surface area (Å²) >= 11 is 1.41. The van der Waals surface area contributed by atoms with Gasteiger partial charge in [0.05, 0.1) is 0 Å². The number of hydrogen-bond donors (Lipinski definition) is 1. The van der Waals surface area contributed by atoms with Gasteiger partial charge in [-0.3, -0.25) is 4.79 Å². The molecule has 1 rings (SSSR count). The van der Waals surface area contributed by atoms with Gasteiger partial charge in [-0.05, 0) is 37.3 Å². The summed E-state index contributed by atoms with van der Waals surface area (Å²) in [6, 6.07) is 1.94. The van der Waals surface area contributed by atoms with E-state index in [1.807, 2.05) is 0 Å². The third-order valence-electron chi connectivity index (χ3n) is 6.78. The van der Waals surface area contributed by atoms with Gasteiger partial charge < -0.3 is 8.95 Å². The third-order valence-corrected chi connectivity index (χ3v) is 11.1. The zero-order valence-electron chi connectivity index (χ0n) is 21.6. The summed E-state index contributed by atoms with van der Waals surface area (Å²) in [5, 5.41) is 0.200. The van der Waals surface area contributed by atoms with E-state index in [-0.39, 0.29) is 5.12 Å². The minimum Gasteiger partial charge on any atom is -0.393 e. The molecule has 1 aliphatic heterocycles. The van der Waals surface area contributed by atoms with Crippen molar-refractivity contribution in [3.8, 4) is 0 Å². The van der Waals surface area contributed by atoms with E-state index in [9.17, 15) is 4.79 Å². The van der Waals surface area contributed by atoms with Crippen LogP contribution in [-0.4, -0.2) is 32.6 Å². The highest BCUT2D eigenvalue weighted by Gasteiger charge is 2.37. The fourth-order valence-electron chi connectivity index (χ4n) is 4.56. The van der Waals surface area contributed by atoms with Crippen LogP contribution in [-0.2, 0) is 13.7 Å². The molecule has 4 nitrogen and oxygen atoms in total. The van der Waals surface area contributed by atoms with Gasteiger partial charge in [-0.25, -0.2) is 5.48 Å². The van der Waals surface area contributed by atoms with Crippen molar-refractivity contribution >= 4 is 25.4 Å². The lowest BCUT2D eigenvalue weighted by Gasteiger charge is -2.33. The average molecular weight is 488 g/mol. The summed E-state index contributed by atoms with van der Waals surface area (Å²) in [5.41, 5.74) is 3.29. The van der Waals surface area contributed by atoms with Crippen molar-refractivity contribution in [1.82, 2.24) is 5.48 Å². The SMILES string of the molecule is CCCCCCCCCCCCCCCC1CCO[Si](CC)(CCCSC(C)=O)ONC1. The maximum Gasteiger partial charge on any atom is 0.357 e. The van der Waals surface area contributed by atoms with E-state index >= 15 is 0 Å². The Morgan fingerprint density at radius 3 is 2.06 bits per heavy atom. The first-order valence-corrected chi connectivity index (χ1v) is 17.0. The van der Waals surface area contributed by atoms with Crippen LogP contribution in [0.15, 0.2) is 0 Å². The largest absolute Gasteiger partial charge is 0.393 e. The highest BCUT2D eigenvalue weighted by atomic mass is 32.2. The van der Waals surface area contributed by atoms with E-state index in [2.05, 4.69) is 19.3 Å². The van der Waals surface area contributed by atoms with Gasteiger partial charge in [-0.1, -0.05) is 109 Å². The molecule has 1 aliphatic rings. The van der Waals surface area contributed by atoms with Crippen LogP contribution in [0.1, 0.15) is 124 Å². The summed E-state index contributed by atoms with van der Waals surface area (Å²) in [6.45, 7) is 7.90. The zero-order valence-corrected chi connectivity index (χ0v) is 23.4. The smallest absolute Gasteiger partial charge is 0.357 e. The Kier molecular flexibility index (Phi) is 19.3. The van der Waals surface area contributed by atoms with Gasteiger partial charge >= 0.3 is 8.56 Å². The number of hydrogen-bond acceptors (Lipinski definition) is 5. The topological polar surface area (TPSA) is 47.6 Å². The van der Waals surface area contributed by atoms with E-state index in [1.54, 1.807) is 6.92 Å². The van der Waals surface area contributed by atoms with Crippen molar-refractivity contribution in [2.45, 2.75) is 136 Å². The lowest BCUT2D eigenvalue weighted by molar-refractivity contribution is -0.109. The first kappa shape index (κ1) is 30.1. The summed E-state index contributed by atoms with van der Waals surface area (Å²) in [5.74, 6) is 1.54. The maximum absolute atomic E-state index is 11.1. The zero-order chi connectivity index (χ0) is 23.3. The molecular weight excluding hydrogens is 434 g/mol. The number of rotatable bonds is 19. The summed E-state index contributed by atoms with van der Waals surface area (Å²) < 4.78 is 12.5. The Morgan fingerprint density at radius 1 is 0.906 bits per heavy atom. The van der Waals surface area contributed by atoms with Gasteiger partial charge in [0.15, 0.2) is 5.12 Å². The molecule has 0 bridgehead atoms. The van der Waals surface area contributed by atoms with E-state index in [0.717, 1.165) is 43.8 Å². The third kappa shape index (κ3) is 15.9. The number of hydroxylamine groups is 1. The second-order valence-electron chi connectivity index (χ2n) is 9.69. The highest BCUT2D eigenvalue weighted by Crippen LogP contribution is 2.25. The molecule has 0 saturated carbocycles. The molecule has 1 N–H and O–H groups in total. The first-order chi connectivity index (χ1) is 15.6. The van der Waals surface area contributed by atoms with Crippen molar-refractivity contribution in [2.75, 3.05) is 18.9 Å². The minimum absolute atomic E-state index is 0.200. The maximum atomic E-state index is 11.1. The number of carbonyl (C=O) groups is 1. The van der Waals surface area contributed by atoms with Crippen LogP contribution in [0.2, 0.25) is 12.1 Å². The lowest BCUT2D eigenvalue weighted by atomic mass is 9.97. The lowest BCUT2D eigenvalue weighted by Crippen LogP contribution is -2.49. The van der Waals surface area contributed by atoms with E-state index < -0.39 is 8.56 Å². The predicted molar refractivity (Wildman–Crippen MR) is 142 cm³/mol. The molecule has 0 aromatic heterocycles. The quantitative estimate of drug-likeness (QED) is 0.147. The second-order valence-corrected chi connectivity index (χ2v) is 14.5. The van der Waals surface area contributed by atoms with E-state index in [4.69, 9.17) is 8.95 Å². The first-order valence-electron chi connectivity index (χ1n) is 13.8. The monoisotopic (exact) mass is 487 g/mol. The van der Waals surface area contributed by atoms with Crippen molar-refractivity contribution < 1.29 is 13.7 Å². The summed E-state index contributed by atoms with van der Waals surface area (Å²) in [6.07, 6.45) is 21.8. The van der Waals surface area contributed by atoms with Crippen LogP contribution in [0.25, 0.3) is 0 Å². The fourth-order valence-corrected chi connectivity index (χ4v) is 7.95. The molecule has 0 amide bonds. The minimum atomic E-state index is -2.15. The normalized spacial score (nSPS) is 21.9. The Bertz CT molecular complexity index is 443. The molecular formula is C26H53NO3SSi. The van der Waals surface area contributed by atoms with Crippen LogP contribution in [0.3, 0.4) is 0 Å². The number of unbranched alkanes of at least 4 members (excludes halogenated alkanes) is 12. The molecule has 0 aromatic rings.